The minimum Gasteiger partial charge on any atom is -0.430 e. The molecule has 0 aromatic rings. The number of carbonyl (C=O) groups excluding carboxylic acids is 2. The van der Waals surface area contributed by atoms with E-state index in [9.17, 15) is 9.59 Å². The van der Waals surface area contributed by atoms with Gasteiger partial charge in [-0.1, -0.05) is 38.0 Å². The molecule has 0 aromatic carbocycles. The summed E-state index contributed by atoms with van der Waals surface area (Å²) in [6.07, 6.45) is 9.63. The maximum Gasteiger partial charge on any atom is 0.509 e. The SMILES string of the molecule is CC1CC2C3CCC4=CC(=O)CCC4(C)C3=CCC2(C)C12COC(=O)O2. The van der Waals surface area contributed by atoms with Crippen LogP contribution in [0.5, 0.6) is 0 Å². The zero-order valence-electron chi connectivity index (χ0n) is 16.0. The minimum atomic E-state index is -0.500. The molecule has 6 unspecified atom stereocenters. The summed E-state index contributed by atoms with van der Waals surface area (Å²) in [5, 5.41) is 0. The number of ether oxygens (including phenoxy) is 2. The van der Waals surface area contributed by atoms with Gasteiger partial charge in [-0.25, -0.2) is 4.79 Å². The second-order valence-corrected chi connectivity index (χ2v) is 9.67. The molecular weight excluding hydrogens is 328 g/mol. The molecule has 2 saturated carbocycles. The van der Waals surface area contributed by atoms with E-state index < -0.39 is 11.8 Å². The lowest BCUT2D eigenvalue weighted by Crippen LogP contribution is -2.53. The van der Waals surface area contributed by atoms with Gasteiger partial charge in [0.15, 0.2) is 11.4 Å². The summed E-state index contributed by atoms with van der Waals surface area (Å²) in [6.45, 7) is 7.28. The fourth-order valence-corrected chi connectivity index (χ4v) is 7.17. The topological polar surface area (TPSA) is 52.6 Å². The molecule has 1 aliphatic heterocycles. The van der Waals surface area contributed by atoms with Gasteiger partial charge in [-0.2, -0.15) is 0 Å². The van der Waals surface area contributed by atoms with E-state index in [1.54, 1.807) is 5.57 Å². The normalized spacial score (nSPS) is 49.6. The van der Waals surface area contributed by atoms with Crippen molar-refractivity contribution >= 4 is 11.9 Å². The van der Waals surface area contributed by atoms with Crippen LogP contribution in [-0.4, -0.2) is 24.1 Å². The number of carbonyl (C=O) groups is 2. The Hall–Kier alpha value is -1.58. The van der Waals surface area contributed by atoms with Gasteiger partial charge in [-0.05, 0) is 50.0 Å². The average Bonchev–Trinajstić information content (AvgIpc) is 3.10. The molecule has 26 heavy (non-hydrogen) atoms. The highest BCUT2D eigenvalue weighted by Crippen LogP contribution is 2.68. The van der Waals surface area contributed by atoms with E-state index in [0.717, 1.165) is 32.1 Å². The van der Waals surface area contributed by atoms with Crippen molar-refractivity contribution in [3.63, 3.8) is 0 Å². The fourth-order valence-electron chi connectivity index (χ4n) is 7.17. The molecule has 1 heterocycles. The molecule has 5 aliphatic rings. The molecule has 0 radical (unpaired) electrons. The van der Waals surface area contributed by atoms with Gasteiger partial charge in [0.2, 0.25) is 0 Å². The molecule has 4 aliphatic carbocycles. The van der Waals surface area contributed by atoms with Crippen molar-refractivity contribution in [3.8, 4) is 0 Å². The highest BCUT2D eigenvalue weighted by Gasteiger charge is 2.69. The number of fused-ring (bicyclic) bond motifs is 6. The monoisotopic (exact) mass is 356 g/mol. The molecular formula is C22H28O4. The molecule has 0 N–H and O–H groups in total. The van der Waals surface area contributed by atoms with E-state index in [-0.39, 0.29) is 10.8 Å². The first-order valence-electron chi connectivity index (χ1n) is 10.1. The van der Waals surface area contributed by atoms with Crippen LogP contribution in [0, 0.1) is 28.6 Å². The summed E-state index contributed by atoms with van der Waals surface area (Å²) in [5.74, 6) is 1.66. The predicted octanol–water partition coefficient (Wildman–Crippen LogP) is 4.59. The zero-order valence-corrected chi connectivity index (χ0v) is 16.0. The van der Waals surface area contributed by atoms with Gasteiger partial charge in [-0.15, -0.1) is 0 Å². The first-order valence-corrected chi connectivity index (χ1v) is 10.1. The van der Waals surface area contributed by atoms with Crippen molar-refractivity contribution in [1.29, 1.82) is 0 Å². The Morgan fingerprint density at radius 1 is 1.19 bits per heavy atom. The second-order valence-electron chi connectivity index (χ2n) is 9.67. The van der Waals surface area contributed by atoms with Gasteiger partial charge in [-0.3, -0.25) is 4.79 Å². The second kappa shape index (κ2) is 5.02. The first-order chi connectivity index (χ1) is 12.3. The van der Waals surface area contributed by atoms with E-state index in [2.05, 4.69) is 26.8 Å². The number of hydrogen-bond acceptors (Lipinski definition) is 4. The largest absolute Gasteiger partial charge is 0.509 e. The van der Waals surface area contributed by atoms with Crippen molar-refractivity contribution in [2.45, 2.75) is 64.9 Å². The summed E-state index contributed by atoms with van der Waals surface area (Å²) < 4.78 is 11.2. The standard InChI is InChI=1S/C22H28O4/c1-13-10-18-16-5-4-14-11-15(23)6-8-20(14,2)17(16)7-9-21(18,3)22(13)12-25-19(24)26-22/h7,11,13,16,18H,4-6,8-10,12H2,1-3H3. The quantitative estimate of drug-likeness (QED) is 0.470. The van der Waals surface area contributed by atoms with Crippen LogP contribution in [0.25, 0.3) is 0 Å². The van der Waals surface area contributed by atoms with Gasteiger partial charge in [0, 0.05) is 23.2 Å². The molecule has 0 aromatic heterocycles. The molecule has 140 valence electrons. The first kappa shape index (κ1) is 16.6. The molecule has 4 heteroatoms. The van der Waals surface area contributed by atoms with Crippen LogP contribution >= 0.6 is 0 Å². The van der Waals surface area contributed by atoms with Crippen LogP contribution in [0.3, 0.4) is 0 Å². The van der Waals surface area contributed by atoms with Gasteiger partial charge >= 0.3 is 6.16 Å². The highest BCUT2D eigenvalue weighted by atomic mass is 16.8. The highest BCUT2D eigenvalue weighted by molar-refractivity contribution is 5.92. The van der Waals surface area contributed by atoms with E-state index in [0.29, 0.717) is 36.6 Å². The molecule has 1 spiro atoms. The Labute approximate surface area is 155 Å². The van der Waals surface area contributed by atoms with Crippen LogP contribution in [0.2, 0.25) is 0 Å². The average molecular weight is 356 g/mol. The van der Waals surface area contributed by atoms with Crippen molar-refractivity contribution in [2.75, 3.05) is 6.61 Å². The molecule has 5 rings (SSSR count). The molecule has 6 atom stereocenters. The summed E-state index contributed by atoms with van der Waals surface area (Å²) in [6, 6.07) is 0. The number of rotatable bonds is 0. The Bertz CT molecular complexity index is 764. The Morgan fingerprint density at radius 3 is 2.73 bits per heavy atom. The van der Waals surface area contributed by atoms with Gasteiger partial charge < -0.3 is 9.47 Å². The van der Waals surface area contributed by atoms with E-state index >= 15 is 0 Å². The third-order valence-corrected chi connectivity index (χ3v) is 8.77. The summed E-state index contributed by atoms with van der Waals surface area (Å²) in [4.78, 5) is 23.8. The Balaban J connectivity index is 1.58. The Kier molecular flexibility index (Phi) is 3.20. The van der Waals surface area contributed by atoms with Gasteiger partial charge in [0.05, 0.1) is 0 Å². The summed E-state index contributed by atoms with van der Waals surface area (Å²) in [7, 11) is 0. The molecule has 0 bridgehead atoms. The van der Waals surface area contributed by atoms with Crippen molar-refractivity contribution in [2.24, 2.45) is 28.6 Å². The number of cyclic esters (lactones) is 1. The third-order valence-electron chi connectivity index (χ3n) is 8.77. The fraction of sp³-hybridized carbons (Fsp3) is 0.727. The van der Waals surface area contributed by atoms with Crippen LogP contribution in [-0.2, 0) is 14.3 Å². The van der Waals surface area contributed by atoms with Crippen molar-refractivity contribution in [1.82, 2.24) is 0 Å². The summed E-state index contributed by atoms with van der Waals surface area (Å²) in [5.41, 5.74) is 2.42. The lowest BCUT2D eigenvalue weighted by atomic mass is 9.50. The van der Waals surface area contributed by atoms with Crippen LogP contribution in [0.1, 0.15) is 59.3 Å². The Morgan fingerprint density at radius 2 is 2.00 bits per heavy atom. The number of hydrogen-bond donors (Lipinski definition) is 0. The lowest BCUT2D eigenvalue weighted by molar-refractivity contribution is -0.115. The van der Waals surface area contributed by atoms with E-state index in [1.807, 2.05) is 6.08 Å². The smallest absolute Gasteiger partial charge is 0.430 e. The van der Waals surface area contributed by atoms with Gasteiger partial charge in [0.25, 0.3) is 0 Å². The van der Waals surface area contributed by atoms with E-state index in [4.69, 9.17) is 9.47 Å². The van der Waals surface area contributed by atoms with Gasteiger partial charge in [0.1, 0.15) is 6.61 Å². The number of allylic oxidation sites excluding steroid dienone is 4. The molecule has 4 nitrogen and oxygen atoms in total. The molecule has 0 amide bonds. The van der Waals surface area contributed by atoms with Crippen LogP contribution in [0.4, 0.5) is 4.79 Å². The number of ketones is 1. The van der Waals surface area contributed by atoms with Crippen LogP contribution < -0.4 is 0 Å². The molecule has 3 fully saturated rings. The third kappa shape index (κ3) is 1.81. The summed E-state index contributed by atoms with van der Waals surface area (Å²) >= 11 is 0. The van der Waals surface area contributed by atoms with Crippen LogP contribution in [0.15, 0.2) is 23.3 Å². The predicted molar refractivity (Wildman–Crippen MR) is 96.4 cm³/mol. The molecule has 1 saturated heterocycles. The lowest BCUT2D eigenvalue weighted by Gasteiger charge is -2.54. The maximum absolute atomic E-state index is 11.9. The zero-order chi connectivity index (χ0) is 18.3. The minimum absolute atomic E-state index is 0.0556. The maximum atomic E-state index is 11.9. The van der Waals surface area contributed by atoms with E-state index in [1.165, 1.54) is 5.57 Å². The van der Waals surface area contributed by atoms with Crippen molar-refractivity contribution < 1.29 is 19.1 Å². The van der Waals surface area contributed by atoms with Crippen molar-refractivity contribution in [3.05, 3.63) is 23.3 Å².